The van der Waals surface area contributed by atoms with Gasteiger partial charge in [-0.2, -0.15) is 0 Å². The molecular formula is C3H9ClP+. The summed E-state index contributed by atoms with van der Waals surface area (Å²) < 4.78 is 0. The largest absolute Gasteiger partial charge is 0.123 e. The third-order valence-electron chi connectivity index (χ3n) is 0.398. The second-order valence-corrected chi connectivity index (χ2v) is 2.66. The molecule has 0 aromatic heterocycles. The first kappa shape index (κ1) is 5.72. The summed E-state index contributed by atoms with van der Waals surface area (Å²) in [5, 5.41) is 0. The molecule has 1 unspecified atom stereocenters. The van der Waals surface area contributed by atoms with Gasteiger partial charge in [0.05, 0.1) is 12.0 Å². The molecule has 0 amide bonds. The van der Waals surface area contributed by atoms with Gasteiger partial charge >= 0.3 is 0 Å². The standard InChI is InChI=1S/C3H8ClP/c1-5-3-2-4/h5H,2-3H2,1H3/p+1. The molecule has 0 rings (SSSR count). The van der Waals surface area contributed by atoms with E-state index in [1.54, 1.807) is 0 Å². The summed E-state index contributed by atoms with van der Waals surface area (Å²) in [6.07, 6.45) is 1.24. The Morgan fingerprint density at radius 3 is 2.40 bits per heavy atom. The lowest BCUT2D eigenvalue weighted by atomic mass is 11.0. The van der Waals surface area contributed by atoms with Crippen LogP contribution in [0.4, 0.5) is 0 Å². The highest BCUT2D eigenvalue weighted by atomic mass is 35.5. The van der Waals surface area contributed by atoms with Crippen molar-refractivity contribution in [1.29, 1.82) is 0 Å². The van der Waals surface area contributed by atoms with Gasteiger partial charge in [-0.1, -0.05) is 0 Å². The van der Waals surface area contributed by atoms with Gasteiger partial charge in [0.25, 0.3) is 0 Å². The molecule has 0 aromatic rings. The quantitative estimate of drug-likeness (QED) is 0.372. The zero-order valence-electron chi connectivity index (χ0n) is 3.37. The lowest BCUT2D eigenvalue weighted by molar-refractivity contribution is 1.53. The molecule has 0 N–H and O–H groups in total. The normalized spacial score (nSPS) is 10.8. The van der Waals surface area contributed by atoms with E-state index in [9.17, 15) is 0 Å². The van der Waals surface area contributed by atoms with E-state index in [4.69, 9.17) is 11.6 Å². The first-order valence-corrected chi connectivity index (χ1v) is 4.26. The molecule has 2 heteroatoms. The molecule has 0 heterocycles. The molecule has 0 spiro atoms. The van der Waals surface area contributed by atoms with E-state index >= 15 is 0 Å². The predicted octanol–water partition coefficient (Wildman–Crippen LogP) is 1.27. The summed E-state index contributed by atoms with van der Waals surface area (Å²) in [4.78, 5) is 0. The van der Waals surface area contributed by atoms with Crippen LogP contribution in [-0.4, -0.2) is 18.7 Å². The molecule has 0 aromatic carbocycles. The van der Waals surface area contributed by atoms with Gasteiger partial charge in [-0.05, 0) is 8.58 Å². The molecule has 32 valence electrons. The van der Waals surface area contributed by atoms with E-state index in [-0.39, 0.29) is 0 Å². The highest BCUT2D eigenvalue weighted by Gasteiger charge is 1.76. The summed E-state index contributed by atoms with van der Waals surface area (Å²) in [6, 6.07) is 0. The van der Waals surface area contributed by atoms with E-state index in [1.165, 1.54) is 6.16 Å². The highest BCUT2D eigenvalue weighted by Crippen LogP contribution is 1.99. The summed E-state index contributed by atoms with van der Waals surface area (Å²) in [5.41, 5.74) is 0. The van der Waals surface area contributed by atoms with Crippen molar-refractivity contribution < 1.29 is 0 Å². The molecule has 0 aliphatic heterocycles. The van der Waals surface area contributed by atoms with Crippen LogP contribution in [0, 0.1) is 0 Å². The smallest absolute Gasteiger partial charge is 0.0682 e. The average Bonchev–Trinajstić information content (AvgIpc) is 1.41. The Labute approximate surface area is 39.7 Å². The summed E-state index contributed by atoms with van der Waals surface area (Å²) >= 11 is 5.32. The SMILES string of the molecule is C[PH2+]CCCl. The third-order valence-corrected chi connectivity index (χ3v) is 1.85. The van der Waals surface area contributed by atoms with Gasteiger partial charge < -0.3 is 0 Å². The highest BCUT2D eigenvalue weighted by molar-refractivity contribution is 7.37. The minimum atomic E-state index is 0.654. The third kappa shape index (κ3) is 4.72. The summed E-state index contributed by atoms with van der Waals surface area (Å²) in [6.45, 7) is 2.21. The van der Waals surface area contributed by atoms with Crippen LogP contribution in [0.1, 0.15) is 0 Å². The van der Waals surface area contributed by atoms with Crippen LogP contribution < -0.4 is 0 Å². The number of hydrogen-bond donors (Lipinski definition) is 0. The predicted molar refractivity (Wildman–Crippen MR) is 31.2 cm³/mol. The Kier molecular flexibility index (Phi) is 5.40. The van der Waals surface area contributed by atoms with Crippen molar-refractivity contribution in [1.82, 2.24) is 0 Å². The fourth-order valence-electron chi connectivity index (χ4n) is 0.109. The number of alkyl halides is 1. The van der Waals surface area contributed by atoms with Gasteiger partial charge in [-0.15, -0.1) is 11.6 Å². The maximum atomic E-state index is 5.32. The minimum Gasteiger partial charge on any atom is -0.123 e. The van der Waals surface area contributed by atoms with Crippen molar-refractivity contribution in [3.05, 3.63) is 0 Å². The molecule has 5 heavy (non-hydrogen) atoms. The molecule has 0 fully saturated rings. The number of hydrogen-bond acceptors (Lipinski definition) is 0. The van der Waals surface area contributed by atoms with Crippen LogP contribution in [0.15, 0.2) is 0 Å². The Morgan fingerprint density at radius 2 is 2.40 bits per heavy atom. The second-order valence-electron chi connectivity index (χ2n) is 0.886. The topological polar surface area (TPSA) is 0 Å². The van der Waals surface area contributed by atoms with Crippen molar-refractivity contribution in [2.45, 2.75) is 0 Å². The molecule has 0 aliphatic carbocycles. The van der Waals surface area contributed by atoms with Crippen LogP contribution in [0.2, 0.25) is 0 Å². The van der Waals surface area contributed by atoms with Gasteiger partial charge in [-0.3, -0.25) is 0 Å². The Hall–Kier alpha value is 0.720. The molecule has 0 nitrogen and oxygen atoms in total. The van der Waals surface area contributed by atoms with Crippen LogP contribution in [0.5, 0.6) is 0 Å². The van der Waals surface area contributed by atoms with Gasteiger partial charge in [0.2, 0.25) is 0 Å². The Morgan fingerprint density at radius 1 is 1.80 bits per heavy atom. The Bertz CT molecular complexity index is 14.4. The first-order chi connectivity index (χ1) is 2.41. The van der Waals surface area contributed by atoms with Gasteiger partial charge in [-0.25, -0.2) is 0 Å². The number of halogens is 1. The molecule has 0 saturated heterocycles. The fraction of sp³-hybridized carbons (Fsp3) is 1.00. The minimum absolute atomic E-state index is 0.654. The van der Waals surface area contributed by atoms with E-state index in [1.807, 2.05) is 0 Å². The van der Waals surface area contributed by atoms with E-state index in [0.717, 1.165) is 5.88 Å². The fourth-order valence-corrected chi connectivity index (χ4v) is 0.982. The van der Waals surface area contributed by atoms with Crippen molar-refractivity contribution >= 4 is 20.2 Å². The monoisotopic (exact) mass is 111 g/mol. The van der Waals surface area contributed by atoms with Crippen LogP contribution in [-0.2, 0) is 0 Å². The van der Waals surface area contributed by atoms with Crippen molar-refractivity contribution in [3.63, 3.8) is 0 Å². The molecule has 0 bridgehead atoms. The van der Waals surface area contributed by atoms with E-state index < -0.39 is 0 Å². The lowest BCUT2D eigenvalue weighted by Gasteiger charge is -1.71. The zero-order valence-corrected chi connectivity index (χ0v) is 5.28. The maximum absolute atomic E-state index is 5.32. The maximum Gasteiger partial charge on any atom is 0.0682 e. The zero-order chi connectivity index (χ0) is 4.12. The Balaban J connectivity index is 2.19. The van der Waals surface area contributed by atoms with Crippen molar-refractivity contribution in [3.8, 4) is 0 Å². The van der Waals surface area contributed by atoms with Crippen LogP contribution in [0.3, 0.4) is 0 Å². The molecule has 0 aliphatic rings. The first-order valence-electron chi connectivity index (χ1n) is 1.75. The summed E-state index contributed by atoms with van der Waals surface area (Å²) in [5.74, 6) is 0.853. The summed E-state index contributed by atoms with van der Waals surface area (Å²) in [7, 11) is 0.654. The van der Waals surface area contributed by atoms with Crippen LogP contribution >= 0.6 is 20.2 Å². The second kappa shape index (κ2) is 4.72. The molecule has 0 saturated carbocycles. The van der Waals surface area contributed by atoms with Crippen molar-refractivity contribution in [2.75, 3.05) is 18.7 Å². The molecule has 1 atom stereocenters. The number of rotatable bonds is 2. The molecular weight excluding hydrogens is 102 g/mol. The van der Waals surface area contributed by atoms with Gasteiger partial charge in [0.15, 0.2) is 0 Å². The van der Waals surface area contributed by atoms with E-state index in [0.29, 0.717) is 8.58 Å². The lowest BCUT2D eigenvalue weighted by Crippen LogP contribution is -1.68. The van der Waals surface area contributed by atoms with Gasteiger partial charge in [0.1, 0.15) is 0 Å². The van der Waals surface area contributed by atoms with Crippen LogP contribution in [0.25, 0.3) is 0 Å². The molecule has 0 radical (unpaired) electrons. The van der Waals surface area contributed by atoms with Crippen molar-refractivity contribution in [2.24, 2.45) is 0 Å². The average molecular weight is 112 g/mol. The van der Waals surface area contributed by atoms with Gasteiger partial charge in [0, 0.05) is 6.66 Å². The van der Waals surface area contributed by atoms with E-state index in [2.05, 4.69) is 6.66 Å².